The van der Waals surface area contributed by atoms with Crippen LogP contribution >= 0.6 is 0 Å². The summed E-state index contributed by atoms with van der Waals surface area (Å²) in [5, 5.41) is 0. The maximum Gasteiger partial charge on any atom is 0.220 e. The van der Waals surface area contributed by atoms with E-state index in [-0.39, 0.29) is 12.0 Å². The van der Waals surface area contributed by atoms with Crippen LogP contribution in [0.3, 0.4) is 0 Å². The van der Waals surface area contributed by atoms with Gasteiger partial charge in [0, 0.05) is 12.0 Å². The summed E-state index contributed by atoms with van der Waals surface area (Å²) in [4.78, 5) is 22.3. The Bertz CT molecular complexity index is 371. The van der Waals surface area contributed by atoms with Crippen molar-refractivity contribution in [3.05, 3.63) is 35.6 Å². The Morgan fingerprint density at radius 3 is 2.27 bits per heavy atom. The molecule has 4 heteroatoms. The van der Waals surface area contributed by atoms with Crippen LogP contribution in [0.2, 0.25) is 0 Å². The smallest absolute Gasteiger partial charge is 0.220 e. The monoisotopic (exact) mass is 212 g/mol. The Labute approximate surface area is 85.9 Å². The van der Waals surface area contributed by atoms with Crippen LogP contribution in [0.1, 0.15) is 23.7 Å². The Balaban J connectivity index is 2.85. The van der Waals surface area contributed by atoms with Crippen LogP contribution in [-0.4, -0.2) is 17.7 Å². The topological polar surface area (TPSA) is 34.1 Å². The summed E-state index contributed by atoms with van der Waals surface area (Å²) in [7, 11) is 0. The normalized spacial score (nSPS) is 12.2. The van der Waals surface area contributed by atoms with Gasteiger partial charge in [0.15, 0.2) is 5.78 Å². The van der Waals surface area contributed by atoms with E-state index < -0.39 is 23.6 Å². The van der Waals surface area contributed by atoms with Crippen LogP contribution in [-0.2, 0) is 4.79 Å². The molecule has 15 heavy (non-hydrogen) atoms. The molecule has 0 bridgehead atoms. The van der Waals surface area contributed by atoms with Gasteiger partial charge in [0.2, 0.25) is 12.0 Å². The number of halogens is 2. The second-order valence-corrected chi connectivity index (χ2v) is 3.05. The maximum absolute atomic E-state index is 13.2. The average Bonchev–Trinajstić information content (AvgIpc) is 2.27. The Hall–Kier alpha value is -1.58. The van der Waals surface area contributed by atoms with Crippen molar-refractivity contribution in [2.75, 3.05) is 0 Å². The molecule has 0 fully saturated rings. The highest BCUT2D eigenvalue weighted by molar-refractivity contribution is 6.13. The summed E-state index contributed by atoms with van der Waals surface area (Å²) in [6.45, 7) is 1.48. The Kier molecular flexibility index (Phi) is 3.66. The van der Waals surface area contributed by atoms with Gasteiger partial charge in [-0.05, 0) is 24.3 Å². The highest BCUT2D eigenvalue weighted by Crippen LogP contribution is 2.09. The first kappa shape index (κ1) is 11.5. The largest absolute Gasteiger partial charge is 0.296 e. The zero-order chi connectivity index (χ0) is 11.4. The summed E-state index contributed by atoms with van der Waals surface area (Å²) in [6.07, 6.45) is -2.17. The first-order chi connectivity index (χ1) is 7.06. The molecule has 0 aromatic heterocycles. The number of ketones is 2. The summed E-state index contributed by atoms with van der Waals surface area (Å²) in [6, 6.07) is 4.42. The van der Waals surface area contributed by atoms with E-state index >= 15 is 0 Å². The van der Waals surface area contributed by atoms with Crippen LogP contribution in [0.4, 0.5) is 8.78 Å². The van der Waals surface area contributed by atoms with Crippen LogP contribution in [0.25, 0.3) is 0 Å². The third-order valence-electron chi connectivity index (χ3n) is 1.99. The van der Waals surface area contributed by atoms with Gasteiger partial charge in [-0.3, -0.25) is 9.59 Å². The molecule has 0 saturated heterocycles. The molecular formula is C11H10F2O2. The summed E-state index contributed by atoms with van der Waals surface area (Å²) in [5.41, 5.74) is 0.00528. The number of carbonyl (C=O) groups is 2. The zero-order valence-electron chi connectivity index (χ0n) is 8.17. The lowest BCUT2D eigenvalue weighted by Crippen LogP contribution is -2.25. The van der Waals surface area contributed by atoms with E-state index in [2.05, 4.69) is 0 Å². The minimum atomic E-state index is -2.14. The van der Waals surface area contributed by atoms with Crippen molar-refractivity contribution in [3.8, 4) is 0 Å². The fourth-order valence-corrected chi connectivity index (χ4v) is 1.09. The lowest BCUT2D eigenvalue weighted by Gasteiger charge is -2.04. The van der Waals surface area contributed by atoms with Crippen LogP contribution < -0.4 is 0 Å². The van der Waals surface area contributed by atoms with Gasteiger partial charge in [-0.1, -0.05) is 6.92 Å². The lowest BCUT2D eigenvalue weighted by atomic mass is 10.0. The van der Waals surface area contributed by atoms with Gasteiger partial charge < -0.3 is 0 Å². The van der Waals surface area contributed by atoms with E-state index in [0.717, 1.165) is 24.3 Å². The van der Waals surface area contributed by atoms with Crippen molar-refractivity contribution in [2.24, 2.45) is 0 Å². The standard InChI is InChI=1S/C11H10F2O2/c1-2-9(14)10(13)11(15)7-3-5-8(12)6-4-7/h3-6,10H,2H2,1H3. The predicted octanol–water partition coefficient (Wildman–Crippen LogP) is 2.33. The molecule has 0 heterocycles. The molecule has 0 aliphatic rings. The number of Topliss-reactive ketones (excluding diaryl/α,β-unsaturated/α-hetero) is 2. The van der Waals surface area contributed by atoms with Crippen molar-refractivity contribution >= 4 is 11.6 Å². The number of hydrogen-bond donors (Lipinski definition) is 0. The van der Waals surface area contributed by atoms with Crippen LogP contribution in [0.5, 0.6) is 0 Å². The van der Waals surface area contributed by atoms with E-state index in [9.17, 15) is 18.4 Å². The van der Waals surface area contributed by atoms with Crippen LogP contribution in [0.15, 0.2) is 24.3 Å². The highest BCUT2D eigenvalue weighted by atomic mass is 19.1. The van der Waals surface area contributed by atoms with E-state index in [4.69, 9.17) is 0 Å². The van der Waals surface area contributed by atoms with Crippen molar-refractivity contribution < 1.29 is 18.4 Å². The second kappa shape index (κ2) is 4.77. The fourth-order valence-electron chi connectivity index (χ4n) is 1.09. The van der Waals surface area contributed by atoms with Gasteiger partial charge in [0.05, 0.1) is 0 Å². The molecule has 1 unspecified atom stereocenters. The van der Waals surface area contributed by atoms with Gasteiger partial charge in [-0.25, -0.2) is 8.78 Å². The lowest BCUT2D eigenvalue weighted by molar-refractivity contribution is -0.121. The number of hydrogen-bond acceptors (Lipinski definition) is 2. The first-order valence-corrected chi connectivity index (χ1v) is 4.52. The molecular weight excluding hydrogens is 202 g/mol. The SMILES string of the molecule is CCC(=O)C(F)C(=O)c1ccc(F)cc1. The molecule has 0 aliphatic heterocycles. The van der Waals surface area contributed by atoms with Crippen molar-refractivity contribution in [2.45, 2.75) is 19.5 Å². The summed E-state index contributed by atoms with van der Waals surface area (Å²) >= 11 is 0. The average molecular weight is 212 g/mol. The van der Waals surface area contributed by atoms with E-state index in [1.54, 1.807) is 0 Å². The molecule has 0 spiro atoms. The Morgan fingerprint density at radius 2 is 1.80 bits per heavy atom. The van der Waals surface area contributed by atoms with Gasteiger partial charge in [-0.15, -0.1) is 0 Å². The van der Waals surface area contributed by atoms with Crippen LogP contribution in [0, 0.1) is 5.82 Å². The molecule has 1 rings (SSSR count). The summed E-state index contributed by atoms with van der Waals surface area (Å²) < 4.78 is 25.7. The molecule has 0 saturated carbocycles. The van der Waals surface area contributed by atoms with Crippen molar-refractivity contribution in [3.63, 3.8) is 0 Å². The summed E-state index contributed by atoms with van der Waals surface area (Å²) in [5.74, 6) is -2.19. The molecule has 0 amide bonds. The molecule has 0 aliphatic carbocycles. The number of rotatable bonds is 4. The number of alkyl halides is 1. The second-order valence-electron chi connectivity index (χ2n) is 3.05. The molecule has 0 N–H and O–H groups in total. The van der Waals surface area contributed by atoms with Crippen molar-refractivity contribution in [1.29, 1.82) is 0 Å². The first-order valence-electron chi connectivity index (χ1n) is 4.52. The zero-order valence-corrected chi connectivity index (χ0v) is 8.17. The van der Waals surface area contributed by atoms with E-state index in [1.165, 1.54) is 6.92 Å². The Morgan fingerprint density at radius 1 is 1.27 bits per heavy atom. The molecule has 0 radical (unpaired) electrons. The molecule has 1 aromatic rings. The molecule has 80 valence electrons. The van der Waals surface area contributed by atoms with E-state index in [0.29, 0.717) is 0 Å². The minimum absolute atomic E-state index is 0.00528. The predicted molar refractivity (Wildman–Crippen MR) is 50.9 cm³/mol. The third-order valence-corrected chi connectivity index (χ3v) is 1.99. The molecule has 1 aromatic carbocycles. The van der Waals surface area contributed by atoms with E-state index in [1.807, 2.05) is 0 Å². The van der Waals surface area contributed by atoms with Gasteiger partial charge in [0.1, 0.15) is 5.82 Å². The van der Waals surface area contributed by atoms with Gasteiger partial charge in [0.25, 0.3) is 0 Å². The number of benzene rings is 1. The highest BCUT2D eigenvalue weighted by Gasteiger charge is 2.25. The quantitative estimate of drug-likeness (QED) is 0.567. The number of carbonyl (C=O) groups excluding carboxylic acids is 2. The minimum Gasteiger partial charge on any atom is -0.296 e. The maximum atomic E-state index is 13.2. The molecule has 1 atom stereocenters. The third kappa shape index (κ3) is 2.68. The fraction of sp³-hybridized carbons (Fsp3) is 0.273. The van der Waals surface area contributed by atoms with Gasteiger partial charge in [-0.2, -0.15) is 0 Å². The molecule has 2 nitrogen and oxygen atoms in total. The van der Waals surface area contributed by atoms with Gasteiger partial charge >= 0.3 is 0 Å². The van der Waals surface area contributed by atoms with Crippen molar-refractivity contribution in [1.82, 2.24) is 0 Å².